The molecule has 0 unspecified atom stereocenters. The molecule has 7 nitrogen and oxygen atoms in total. The van der Waals surface area contributed by atoms with E-state index in [0.29, 0.717) is 23.5 Å². The summed E-state index contributed by atoms with van der Waals surface area (Å²) in [6.07, 6.45) is 0.426. The third-order valence-electron chi connectivity index (χ3n) is 5.36. The van der Waals surface area contributed by atoms with Crippen molar-refractivity contribution in [3.63, 3.8) is 0 Å². The smallest absolute Gasteiger partial charge is 0.240 e. The van der Waals surface area contributed by atoms with Crippen LogP contribution in [-0.2, 0) is 16.4 Å². The molecule has 0 radical (unpaired) electrons. The van der Waals surface area contributed by atoms with Crippen molar-refractivity contribution in [2.24, 2.45) is 0 Å². The van der Waals surface area contributed by atoms with Gasteiger partial charge in [0.25, 0.3) is 0 Å². The van der Waals surface area contributed by atoms with Crippen LogP contribution in [0.3, 0.4) is 0 Å². The summed E-state index contributed by atoms with van der Waals surface area (Å²) in [5.74, 6) is 0.496. The zero-order valence-corrected chi connectivity index (χ0v) is 18.4. The van der Waals surface area contributed by atoms with Crippen LogP contribution in [0.4, 0.5) is 0 Å². The number of benzene rings is 3. The van der Waals surface area contributed by atoms with Gasteiger partial charge in [0, 0.05) is 28.8 Å². The number of ketones is 2. The summed E-state index contributed by atoms with van der Waals surface area (Å²) in [4.78, 5) is 25.5. The number of nitrogens with one attached hydrogen (secondary N) is 1. The Morgan fingerprint density at radius 2 is 1.38 bits per heavy atom. The third kappa shape index (κ3) is 3.90. The lowest BCUT2D eigenvalue weighted by Gasteiger charge is -2.18. The van der Waals surface area contributed by atoms with Gasteiger partial charge in [0.2, 0.25) is 10.0 Å². The number of sulfonamides is 1. The largest absolute Gasteiger partial charge is 0.493 e. The minimum absolute atomic E-state index is 0.0657. The van der Waals surface area contributed by atoms with E-state index in [9.17, 15) is 18.0 Å². The van der Waals surface area contributed by atoms with Crippen LogP contribution < -0.4 is 14.2 Å². The van der Waals surface area contributed by atoms with Gasteiger partial charge in [-0.15, -0.1) is 0 Å². The number of fused-ring (bicyclic) bond motifs is 2. The van der Waals surface area contributed by atoms with E-state index in [2.05, 4.69) is 4.72 Å². The molecule has 0 aromatic heterocycles. The molecule has 0 saturated carbocycles. The van der Waals surface area contributed by atoms with Gasteiger partial charge in [-0.3, -0.25) is 9.59 Å². The molecule has 1 aliphatic rings. The summed E-state index contributed by atoms with van der Waals surface area (Å²) in [6.45, 7) is 0.143. The van der Waals surface area contributed by atoms with Crippen molar-refractivity contribution in [1.29, 1.82) is 0 Å². The molecule has 0 fully saturated rings. The summed E-state index contributed by atoms with van der Waals surface area (Å²) in [5.41, 5.74) is 1.78. The highest BCUT2D eigenvalue weighted by molar-refractivity contribution is 7.89. The van der Waals surface area contributed by atoms with E-state index < -0.39 is 10.0 Å². The number of hydrogen-bond donors (Lipinski definition) is 1. The van der Waals surface area contributed by atoms with Gasteiger partial charge < -0.3 is 9.47 Å². The van der Waals surface area contributed by atoms with Crippen LogP contribution in [0.15, 0.2) is 65.6 Å². The fourth-order valence-corrected chi connectivity index (χ4v) is 4.75. The number of carbonyl (C=O) groups excluding carboxylic acids is 2. The first-order valence-electron chi connectivity index (χ1n) is 9.89. The second-order valence-corrected chi connectivity index (χ2v) is 9.02. The van der Waals surface area contributed by atoms with Crippen LogP contribution in [0.2, 0.25) is 0 Å². The van der Waals surface area contributed by atoms with Crippen molar-refractivity contribution < 1.29 is 27.5 Å². The molecular weight excluding hydrogens is 430 g/mol. The summed E-state index contributed by atoms with van der Waals surface area (Å²) < 4.78 is 38.6. The van der Waals surface area contributed by atoms with Crippen LogP contribution in [0.1, 0.15) is 37.4 Å². The Hall–Kier alpha value is -3.49. The lowest BCUT2D eigenvalue weighted by Crippen LogP contribution is -2.27. The second kappa shape index (κ2) is 8.57. The molecule has 0 aliphatic heterocycles. The Balaban J connectivity index is 1.53. The first-order chi connectivity index (χ1) is 15.4. The lowest BCUT2D eigenvalue weighted by atomic mass is 9.84. The number of ether oxygens (including phenoxy) is 2. The van der Waals surface area contributed by atoms with Crippen LogP contribution in [-0.4, -0.2) is 40.7 Å². The Morgan fingerprint density at radius 1 is 0.750 bits per heavy atom. The van der Waals surface area contributed by atoms with Gasteiger partial charge in [-0.2, -0.15) is 0 Å². The van der Waals surface area contributed by atoms with Gasteiger partial charge in [-0.05, 0) is 42.3 Å². The van der Waals surface area contributed by atoms with Crippen molar-refractivity contribution in [2.75, 3.05) is 20.8 Å². The normalized spacial score (nSPS) is 12.8. The van der Waals surface area contributed by atoms with Gasteiger partial charge >= 0.3 is 0 Å². The quantitative estimate of drug-likeness (QED) is 0.464. The van der Waals surface area contributed by atoms with E-state index in [4.69, 9.17) is 9.47 Å². The van der Waals surface area contributed by atoms with Crippen molar-refractivity contribution >= 4 is 21.6 Å². The number of methoxy groups -OCH3 is 2. The van der Waals surface area contributed by atoms with E-state index in [1.165, 1.54) is 25.3 Å². The maximum absolute atomic E-state index is 12.9. The summed E-state index contributed by atoms with van der Waals surface area (Å²) >= 11 is 0. The molecule has 0 spiro atoms. The summed E-state index contributed by atoms with van der Waals surface area (Å²) in [7, 11) is -0.805. The van der Waals surface area contributed by atoms with Gasteiger partial charge in [0.1, 0.15) is 0 Å². The highest BCUT2D eigenvalue weighted by Crippen LogP contribution is 2.29. The Bertz CT molecular complexity index is 1330. The summed E-state index contributed by atoms with van der Waals surface area (Å²) in [5, 5.41) is 0. The molecule has 0 saturated heterocycles. The molecule has 8 heteroatoms. The first kappa shape index (κ1) is 21.7. The Morgan fingerprint density at radius 3 is 2.03 bits per heavy atom. The molecule has 0 bridgehead atoms. The van der Waals surface area contributed by atoms with Gasteiger partial charge in [-0.25, -0.2) is 13.1 Å². The summed E-state index contributed by atoms with van der Waals surface area (Å²) in [6, 6.07) is 15.9. The van der Waals surface area contributed by atoms with Gasteiger partial charge in [-0.1, -0.05) is 30.3 Å². The second-order valence-electron chi connectivity index (χ2n) is 7.25. The van der Waals surface area contributed by atoms with Crippen LogP contribution in [0, 0.1) is 0 Å². The first-order valence-corrected chi connectivity index (χ1v) is 11.4. The predicted octanol–water partition coefficient (Wildman–Crippen LogP) is 3.00. The standard InChI is InChI=1S/C24H21NO6S/c1-30-21-10-7-15(13-22(21)31-2)11-12-25-32(28,29)16-8-9-19-20(14-16)24(27)18-6-4-3-5-17(18)23(19)26/h3-10,13-14,25H,11-12H2,1-2H3. The molecule has 0 amide bonds. The molecule has 0 heterocycles. The zero-order chi connectivity index (χ0) is 22.9. The van der Waals surface area contributed by atoms with Crippen LogP contribution in [0.5, 0.6) is 11.5 Å². The fourth-order valence-electron chi connectivity index (χ4n) is 3.69. The maximum atomic E-state index is 12.9. The molecule has 1 aliphatic carbocycles. The van der Waals surface area contributed by atoms with E-state index in [0.717, 1.165) is 5.56 Å². The monoisotopic (exact) mass is 451 g/mol. The van der Waals surface area contributed by atoms with E-state index >= 15 is 0 Å². The average Bonchev–Trinajstić information content (AvgIpc) is 2.82. The number of rotatable bonds is 7. The molecule has 3 aromatic rings. The minimum atomic E-state index is -3.88. The topological polar surface area (TPSA) is 98.8 Å². The third-order valence-corrected chi connectivity index (χ3v) is 6.82. The van der Waals surface area contributed by atoms with Crippen molar-refractivity contribution in [3.8, 4) is 11.5 Å². The Kier molecular flexibility index (Phi) is 5.82. The maximum Gasteiger partial charge on any atom is 0.240 e. The predicted molar refractivity (Wildman–Crippen MR) is 118 cm³/mol. The lowest BCUT2D eigenvalue weighted by molar-refractivity contribution is 0.0979. The van der Waals surface area contributed by atoms with Crippen molar-refractivity contribution in [3.05, 3.63) is 88.5 Å². The Labute approximate surface area is 186 Å². The minimum Gasteiger partial charge on any atom is -0.493 e. The highest BCUT2D eigenvalue weighted by atomic mass is 32.2. The van der Waals surface area contributed by atoms with Crippen LogP contribution in [0.25, 0.3) is 0 Å². The van der Waals surface area contributed by atoms with Gasteiger partial charge in [0.15, 0.2) is 23.1 Å². The molecule has 3 aromatic carbocycles. The molecule has 0 atom stereocenters. The number of carbonyl (C=O) groups is 2. The molecule has 4 rings (SSSR count). The van der Waals surface area contributed by atoms with Gasteiger partial charge in [0.05, 0.1) is 19.1 Å². The van der Waals surface area contributed by atoms with Crippen LogP contribution >= 0.6 is 0 Å². The molecule has 32 heavy (non-hydrogen) atoms. The molecule has 1 N–H and O–H groups in total. The average molecular weight is 452 g/mol. The fraction of sp³-hybridized carbons (Fsp3) is 0.167. The van der Waals surface area contributed by atoms with E-state index in [-0.39, 0.29) is 39.7 Å². The molecular formula is C24H21NO6S. The molecule has 164 valence electrons. The van der Waals surface area contributed by atoms with E-state index in [1.54, 1.807) is 43.5 Å². The number of hydrogen-bond acceptors (Lipinski definition) is 6. The zero-order valence-electron chi connectivity index (χ0n) is 17.5. The van der Waals surface area contributed by atoms with Crippen molar-refractivity contribution in [2.45, 2.75) is 11.3 Å². The SMILES string of the molecule is COc1ccc(CCNS(=O)(=O)c2ccc3c(c2)C(=O)c2ccccc2C3=O)cc1OC. The van der Waals surface area contributed by atoms with Crippen molar-refractivity contribution in [1.82, 2.24) is 4.72 Å². The van der Waals surface area contributed by atoms with E-state index in [1.807, 2.05) is 6.07 Å². The highest BCUT2D eigenvalue weighted by Gasteiger charge is 2.30.